The van der Waals surface area contributed by atoms with E-state index in [1.54, 1.807) is 0 Å². The van der Waals surface area contributed by atoms with Gasteiger partial charge < -0.3 is 9.13 Å². The molecule has 9 aromatic rings. The molecule has 5 heteroatoms. The predicted molar refractivity (Wildman–Crippen MR) is 202 cm³/mol. The van der Waals surface area contributed by atoms with Crippen molar-refractivity contribution in [3.05, 3.63) is 174 Å². The molecular formula is C45H25N5. The van der Waals surface area contributed by atoms with Crippen molar-refractivity contribution in [1.29, 1.82) is 10.5 Å². The molecule has 0 saturated carbocycles. The number of hydrogen-bond donors (Lipinski definition) is 0. The fraction of sp³-hybridized carbons (Fsp3) is 0. The zero-order chi connectivity index (χ0) is 33.8. The molecule has 230 valence electrons. The van der Waals surface area contributed by atoms with E-state index in [0.717, 1.165) is 66.5 Å². The van der Waals surface area contributed by atoms with Gasteiger partial charge in [-0.05, 0) is 77.9 Å². The molecule has 0 saturated heterocycles. The summed E-state index contributed by atoms with van der Waals surface area (Å²) in [6.07, 6.45) is 0. The first-order valence-electron chi connectivity index (χ1n) is 16.3. The lowest BCUT2D eigenvalue weighted by molar-refractivity contribution is 1.18. The van der Waals surface area contributed by atoms with Crippen molar-refractivity contribution >= 4 is 49.3 Å². The first-order valence-corrected chi connectivity index (χ1v) is 16.3. The Morgan fingerprint density at radius 2 is 1.14 bits per heavy atom. The predicted octanol–water partition coefficient (Wildman–Crippen LogP) is 11.5. The van der Waals surface area contributed by atoms with Crippen LogP contribution in [0.15, 0.2) is 152 Å². The van der Waals surface area contributed by atoms with Crippen LogP contribution in [0.5, 0.6) is 0 Å². The van der Waals surface area contributed by atoms with E-state index in [2.05, 4.69) is 117 Å². The van der Waals surface area contributed by atoms with Crippen LogP contribution in [-0.2, 0) is 0 Å². The van der Waals surface area contributed by atoms with Gasteiger partial charge >= 0.3 is 0 Å². The van der Waals surface area contributed by atoms with Crippen LogP contribution in [-0.4, -0.2) is 9.13 Å². The van der Waals surface area contributed by atoms with Gasteiger partial charge in [0.1, 0.15) is 0 Å². The molecule has 2 aromatic heterocycles. The van der Waals surface area contributed by atoms with Gasteiger partial charge in [-0.1, -0.05) is 84.9 Å². The van der Waals surface area contributed by atoms with Crippen molar-refractivity contribution in [2.24, 2.45) is 0 Å². The maximum absolute atomic E-state index is 10.2. The lowest BCUT2D eigenvalue weighted by atomic mass is 9.94. The van der Waals surface area contributed by atoms with Crippen LogP contribution in [0.25, 0.3) is 82.1 Å². The van der Waals surface area contributed by atoms with Gasteiger partial charge in [-0.25, -0.2) is 4.85 Å². The van der Waals surface area contributed by atoms with Crippen LogP contribution >= 0.6 is 0 Å². The van der Waals surface area contributed by atoms with Gasteiger partial charge in [-0.2, -0.15) is 10.5 Å². The fourth-order valence-electron chi connectivity index (χ4n) is 7.36. The van der Waals surface area contributed by atoms with Gasteiger partial charge in [0.05, 0.1) is 52.1 Å². The summed E-state index contributed by atoms with van der Waals surface area (Å²) in [5, 5.41) is 24.1. The highest BCUT2D eigenvalue weighted by Crippen LogP contribution is 2.39. The van der Waals surface area contributed by atoms with Crippen LogP contribution < -0.4 is 0 Å². The third-order valence-electron chi connectivity index (χ3n) is 9.62. The van der Waals surface area contributed by atoms with E-state index in [1.165, 1.54) is 10.8 Å². The summed E-state index contributed by atoms with van der Waals surface area (Å²) in [6, 6.07) is 55.7. The van der Waals surface area contributed by atoms with Gasteiger partial charge in [0.2, 0.25) is 0 Å². The number of hydrogen-bond acceptors (Lipinski definition) is 2. The molecule has 0 radical (unpaired) electrons. The maximum Gasteiger partial charge on any atom is 0.189 e. The van der Waals surface area contributed by atoms with Crippen molar-refractivity contribution in [1.82, 2.24) is 9.13 Å². The molecular weight excluding hydrogens is 611 g/mol. The number of nitriles is 2. The molecule has 0 atom stereocenters. The number of para-hydroxylation sites is 3. The largest absolute Gasteiger partial charge is 0.311 e. The van der Waals surface area contributed by atoms with Crippen LogP contribution in [0.2, 0.25) is 0 Å². The van der Waals surface area contributed by atoms with E-state index < -0.39 is 0 Å². The number of nitrogens with zero attached hydrogens (tertiary/aromatic N) is 5. The lowest BCUT2D eigenvalue weighted by Gasteiger charge is -2.16. The quantitative estimate of drug-likeness (QED) is 0.181. The summed E-state index contributed by atoms with van der Waals surface area (Å²) in [5.74, 6) is 0. The highest BCUT2D eigenvalue weighted by molar-refractivity contribution is 6.11. The van der Waals surface area contributed by atoms with Crippen molar-refractivity contribution in [3.63, 3.8) is 0 Å². The van der Waals surface area contributed by atoms with E-state index in [1.807, 2.05) is 60.7 Å². The minimum absolute atomic E-state index is 0.551. The molecule has 50 heavy (non-hydrogen) atoms. The van der Waals surface area contributed by atoms with Crippen LogP contribution in [0.1, 0.15) is 11.1 Å². The molecule has 0 amide bonds. The van der Waals surface area contributed by atoms with Crippen molar-refractivity contribution in [2.45, 2.75) is 0 Å². The van der Waals surface area contributed by atoms with E-state index in [4.69, 9.17) is 6.57 Å². The second-order valence-corrected chi connectivity index (χ2v) is 12.3. The first kappa shape index (κ1) is 28.8. The van der Waals surface area contributed by atoms with E-state index >= 15 is 0 Å². The van der Waals surface area contributed by atoms with E-state index in [9.17, 15) is 10.5 Å². The minimum Gasteiger partial charge on any atom is -0.311 e. The van der Waals surface area contributed by atoms with Crippen molar-refractivity contribution in [2.75, 3.05) is 0 Å². The Morgan fingerprint density at radius 1 is 0.480 bits per heavy atom. The fourth-order valence-corrected chi connectivity index (χ4v) is 7.36. The van der Waals surface area contributed by atoms with Gasteiger partial charge in [0, 0.05) is 43.9 Å². The SMILES string of the molecule is [C-]#[N+]c1ccc2c3cc(C#N)ccc3n(-c3ccc(-c4cc(-c5ccccc5-n5c6ccccc6c6ccccc65)ccc4C#N)cc3)c2c1. The highest BCUT2D eigenvalue weighted by atomic mass is 15.0. The van der Waals surface area contributed by atoms with Crippen molar-refractivity contribution < 1.29 is 0 Å². The summed E-state index contributed by atoms with van der Waals surface area (Å²) in [6.45, 7) is 7.60. The summed E-state index contributed by atoms with van der Waals surface area (Å²) in [7, 11) is 0. The molecule has 0 N–H and O–H groups in total. The molecule has 9 rings (SSSR count). The summed E-state index contributed by atoms with van der Waals surface area (Å²) in [5.41, 5.74) is 11.7. The van der Waals surface area contributed by atoms with Gasteiger partial charge in [-0.15, -0.1) is 0 Å². The average molecular weight is 636 g/mol. The molecule has 2 heterocycles. The molecule has 5 nitrogen and oxygen atoms in total. The number of benzene rings is 7. The number of fused-ring (bicyclic) bond motifs is 6. The summed E-state index contributed by atoms with van der Waals surface area (Å²) >= 11 is 0. The zero-order valence-corrected chi connectivity index (χ0v) is 26.7. The standard InChI is InChI=1S/C45H25N5/c1-48-33-19-22-38-40-24-29(27-46)14-23-44(40)49(45(38)26-33)34-20-17-30(18-21-34)39-25-31(15-16-32(39)28-47)35-8-2-5-11-41(35)50-42-12-6-3-9-36(42)37-10-4-7-13-43(37)50/h2-26H. The first-order chi connectivity index (χ1) is 24.7. The lowest BCUT2D eigenvalue weighted by Crippen LogP contribution is -1.97. The Balaban J connectivity index is 1.19. The van der Waals surface area contributed by atoms with Crippen LogP contribution in [0, 0.1) is 29.2 Å². The molecule has 0 aliphatic heterocycles. The number of rotatable bonds is 4. The van der Waals surface area contributed by atoms with Crippen molar-refractivity contribution in [3.8, 4) is 45.8 Å². The molecule has 0 spiro atoms. The Bertz CT molecular complexity index is 2900. The zero-order valence-electron chi connectivity index (χ0n) is 26.7. The van der Waals surface area contributed by atoms with Crippen LogP contribution in [0.4, 0.5) is 5.69 Å². The average Bonchev–Trinajstić information content (AvgIpc) is 3.69. The third kappa shape index (κ3) is 4.38. The smallest absolute Gasteiger partial charge is 0.189 e. The molecule has 0 fully saturated rings. The number of aromatic nitrogens is 2. The highest BCUT2D eigenvalue weighted by Gasteiger charge is 2.18. The molecule has 7 aromatic carbocycles. The third-order valence-corrected chi connectivity index (χ3v) is 9.62. The Labute approximate surface area is 288 Å². The summed E-state index contributed by atoms with van der Waals surface area (Å²) < 4.78 is 4.46. The second kappa shape index (κ2) is 11.4. The van der Waals surface area contributed by atoms with E-state index in [0.29, 0.717) is 16.8 Å². The maximum atomic E-state index is 10.2. The normalized spacial score (nSPS) is 11.1. The topological polar surface area (TPSA) is 61.8 Å². The Hall–Kier alpha value is -7.39. The van der Waals surface area contributed by atoms with Crippen LogP contribution in [0.3, 0.4) is 0 Å². The van der Waals surface area contributed by atoms with Gasteiger partial charge in [-0.3, -0.25) is 0 Å². The van der Waals surface area contributed by atoms with Gasteiger partial charge in [0.25, 0.3) is 0 Å². The van der Waals surface area contributed by atoms with Gasteiger partial charge in [0.15, 0.2) is 5.69 Å². The molecule has 0 unspecified atom stereocenters. The molecule has 0 aliphatic rings. The Morgan fingerprint density at radius 3 is 1.86 bits per heavy atom. The molecule has 0 bridgehead atoms. The second-order valence-electron chi connectivity index (χ2n) is 12.3. The Kier molecular flexibility index (Phi) is 6.56. The summed E-state index contributed by atoms with van der Waals surface area (Å²) in [4.78, 5) is 3.67. The minimum atomic E-state index is 0.551. The monoisotopic (exact) mass is 635 g/mol. The van der Waals surface area contributed by atoms with E-state index in [-0.39, 0.29) is 0 Å². The molecule has 0 aliphatic carbocycles.